The Morgan fingerprint density at radius 1 is 1.22 bits per heavy atom. The van der Waals surface area contributed by atoms with Gasteiger partial charge in [0.2, 0.25) is 11.7 Å². The fourth-order valence-corrected chi connectivity index (χ4v) is 2.70. The minimum Gasteiger partial charge on any atom is -0.493 e. The van der Waals surface area contributed by atoms with E-state index >= 15 is 0 Å². The van der Waals surface area contributed by atoms with E-state index < -0.39 is 0 Å². The third kappa shape index (κ3) is 4.65. The lowest BCUT2D eigenvalue weighted by molar-refractivity contribution is -0.130. The first-order valence-corrected chi connectivity index (χ1v) is 7.41. The van der Waals surface area contributed by atoms with Gasteiger partial charge < -0.3 is 24.8 Å². The van der Waals surface area contributed by atoms with Gasteiger partial charge in [-0.05, 0) is 30.5 Å². The Bertz CT molecular complexity index is 514. The molecule has 1 aromatic rings. The fourth-order valence-electron chi connectivity index (χ4n) is 2.70. The third-order valence-electron chi connectivity index (χ3n) is 3.93. The molecule has 0 unspecified atom stereocenters. The average molecular weight is 345 g/mol. The molecule has 23 heavy (non-hydrogen) atoms. The highest BCUT2D eigenvalue weighted by atomic mass is 35.5. The van der Waals surface area contributed by atoms with E-state index in [4.69, 9.17) is 19.9 Å². The summed E-state index contributed by atoms with van der Waals surface area (Å²) < 4.78 is 15.9. The summed E-state index contributed by atoms with van der Waals surface area (Å²) in [6.45, 7) is 1.42. The molecule has 1 fully saturated rings. The maximum Gasteiger partial charge on any atom is 0.222 e. The van der Waals surface area contributed by atoms with E-state index in [1.54, 1.807) is 21.3 Å². The second-order valence-electron chi connectivity index (χ2n) is 5.42. The Morgan fingerprint density at radius 2 is 1.83 bits per heavy atom. The van der Waals surface area contributed by atoms with Crippen LogP contribution in [-0.2, 0) is 11.2 Å². The summed E-state index contributed by atoms with van der Waals surface area (Å²) in [6.07, 6.45) is 1.96. The highest BCUT2D eigenvalue weighted by Crippen LogP contribution is 2.38. The summed E-state index contributed by atoms with van der Waals surface area (Å²) in [5, 5.41) is 0. The van der Waals surface area contributed by atoms with Crippen molar-refractivity contribution in [3.63, 3.8) is 0 Å². The van der Waals surface area contributed by atoms with Crippen molar-refractivity contribution in [1.29, 1.82) is 0 Å². The number of hydrogen-bond acceptors (Lipinski definition) is 5. The second-order valence-corrected chi connectivity index (χ2v) is 5.42. The van der Waals surface area contributed by atoms with Crippen molar-refractivity contribution in [2.24, 2.45) is 5.73 Å². The van der Waals surface area contributed by atoms with Crippen LogP contribution in [0.5, 0.6) is 17.2 Å². The number of carbonyl (C=O) groups is 1. The maximum atomic E-state index is 12.2. The van der Waals surface area contributed by atoms with Gasteiger partial charge in [0.1, 0.15) is 0 Å². The van der Waals surface area contributed by atoms with E-state index in [1.165, 1.54) is 0 Å². The Morgan fingerprint density at radius 3 is 2.26 bits per heavy atom. The van der Waals surface area contributed by atoms with Crippen molar-refractivity contribution < 1.29 is 19.0 Å². The van der Waals surface area contributed by atoms with Gasteiger partial charge in [0.15, 0.2) is 11.5 Å². The molecule has 1 aromatic carbocycles. The van der Waals surface area contributed by atoms with Gasteiger partial charge in [0.25, 0.3) is 0 Å². The van der Waals surface area contributed by atoms with Gasteiger partial charge in [-0.3, -0.25) is 4.79 Å². The lowest BCUT2D eigenvalue weighted by Crippen LogP contribution is -2.31. The first kappa shape index (κ1) is 19.4. The number of ether oxygens (including phenoxy) is 3. The number of rotatable bonds is 6. The first-order chi connectivity index (χ1) is 10.6. The number of amides is 1. The molecule has 0 saturated carbocycles. The molecule has 1 amide bonds. The molecule has 130 valence electrons. The molecule has 1 saturated heterocycles. The number of methoxy groups -OCH3 is 3. The van der Waals surface area contributed by atoms with Crippen LogP contribution < -0.4 is 19.9 Å². The third-order valence-corrected chi connectivity index (χ3v) is 3.93. The monoisotopic (exact) mass is 344 g/mol. The second kappa shape index (κ2) is 8.84. The van der Waals surface area contributed by atoms with E-state index in [9.17, 15) is 4.79 Å². The van der Waals surface area contributed by atoms with Crippen LogP contribution in [0.15, 0.2) is 12.1 Å². The number of nitrogens with two attached hydrogens (primary N) is 1. The molecule has 2 rings (SSSR count). The van der Waals surface area contributed by atoms with E-state index in [2.05, 4.69) is 0 Å². The van der Waals surface area contributed by atoms with Gasteiger partial charge in [-0.2, -0.15) is 0 Å². The Balaban J connectivity index is 0.00000264. The topological polar surface area (TPSA) is 74.0 Å². The molecule has 2 N–H and O–H groups in total. The molecule has 0 aliphatic carbocycles. The van der Waals surface area contributed by atoms with Gasteiger partial charge >= 0.3 is 0 Å². The van der Waals surface area contributed by atoms with Gasteiger partial charge in [-0.25, -0.2) is 0 Å². The minimum absolute atomic E-state index is 0. The SMILES string of the molecule is COc1cc(CCC(=O)N2CC[C@@H](N)C2)cc(OC)c1OC.Cl. The maximum absolute atomic E-state index is 12.2. The molecule has 1 aliphatic heterocycles. The van der Waals surface area contributed by atoms with Crippen molar-refractivity contribution in [3.8, 4) is 17.2 Å². The van der Waals surface area contributed by atoms with Crippen LogP contribution in [0.25, 0.3) is 0 Å². The predicted octanol–water partition coefficient (Wildman–Crippen LogP) is 1.63. The van der Waals surface area contributed by atoms with Crippen molar-refractivity contribution in [1.82, 2.24) is 4.90 Å². The lowest BCUT2D eigenvalue weighted by atomic mass is 10.1. The number of nitrogens with zero attached hydrogens (tertiary/aromatic N) is 1. The molecule has 1 heterocycles. The van der Waals surface area contributed by atoms with Crippen LogP contribution in [-0.4, -0.2) is 51.3 Å². The number of aryl methyl sites for hydroxylation is 1. The van der Waals surface area contributed by atoms with E-state index in [0.717, 1.165) is 18.5 Å². The molecule has 7 heteroatoms. The van der Waals surface area contributed by atoms with Gasteiger partial charge in [-0.1, -0.05) is 0 Å². The highest BCUT2D eigenvalue weighted by Gasteiger charge is 2.23. The van der Waals surface area contributed by atoms with Crippen molar-refractivity contribution in [2.75, 3.05) is 34.4 Å². The summed E-state index contributed by atoms with van der Waals surface area (Å²) in [7, 11) is 4.73. The van der Waals surface area contributed by atoms with E-state index in [-0.39, 0.29) is 24.4 Å². The molecule has 0 bridgehead atoms. The molecular weight excluding hydrogens is 320 g/mol. The molecule has 0 aromatic heterocycles. The lowest BCUT2D eigenvalue weighted by Gasteiger charge is -2.17. The normalized spacial score (nSPS) is 16.7. The summed E-state index contributed by atoms with van der Waals surface area (Å²) >= 11 is 0. The Kier molecular flexibility index (Phi) is 7.45. The summed E-state index contributed by atoms with van der Waals surface area (Å²) in [5.41, 5.74) is 6.82. The van der Waals surface area contributed by atoms with Crippen LogP contribution in [0, 0.1) is 0 Å². The average Bonchev–Trinajstić information content (AvgIpc) is 2.97. The van der Waals surface area contributed by atoms with Crippen LogP contribution in [0.3, 0.4) is 0 Å². The largest absolute Gasteiger partial charge is 0.493 e. The van der Waals surface area contributed by atoms with Gasteiger partial charge in [0, 0.05) is 25.6 Å². The summed E-state index contributed by atoms with van der Waals surface area (Å²) in [6, 6.07) is 3.87. The molecule has 1 aliphatic rings. The van der Waals surface area contributed by atoms with Crippen molar-refractivity contribution in [3.05, 3.63) is 17.7 Å². The summed E-state index contributed by atoms with van der Waals surface area (Å²) in [5.74, 6) is 1.91. The van der Waals surface area contributed by atoms with Crippen LogP contribution in [0.1, 0.15) is 18.4 Å². The Hall–Kier alpha value is -1.66. The summed E-state index contributed by atoms with van der Waals surface area (Å²) in [4.78, 5) is 14.0. The molecule has 1 atom stereocenters. The number of benzene rings is 1. The van der Waals surface area contributed by atoms with E-state index in [1.807, 2.05) is 17.0 Å². The highest BCUT2D eigenvalue weighted by molar-refractivity contribution is 5.85. The van der Waals surface area contributed by atoms with Gasteiger partial charge in [0.05, 0.1) is 21.3 Å². The smallest absolute Gasteiger partial charge is 0.222 e. The number of likely N-dealkylation sites (tertiary alicyclic amines) is 1. The number of halogens is 1. The van der Waals surface area contributed by atoms with Crippen LogP contribution >= 0.6 is 12.4 Å². The first-order valence-electron chi connectivity index (χ1n) is 7.41. The molecular formula is C16H25ClN2O4. The zero-order valence-corrected chi connectivity index (χ0v) is 14.6. The minimum atomic E-state index is 0. The van der Waals surface area contributed by atoms with Crippen LogP contribution in [0.4, 0.5) is 0 Å². The van der Waals surface area contributed by atoms with Crippen molar-refractivity contribution >= 4 is 18.3 Å². The molecule has 6 nitrogen and oxygen atoms in total. The molecule has 0 radical (unpaired) electrons. The fraction of sp³-hybridized carbons (Fsp3) is 0.562. The Labute approximate surface area is 143 Å². The quantitative estimate of drug-likeness (QED) is 0.849. The zero-order chi connectivity index (χ0) is 16.1. The van der Waals surface area contributed by atoms with Crippen LogP contribution in [0.2, 0.25) is 0 Å². The van der Waals surface area contributed by atoms with Gasteiger partial charge in [-0.15, -0.1) is 12.4 Å². The number of carbonyl (C=O) groups excluding carboxylic acids is 1. The van der Waals surface area contributed by atoms with E-state index in [0.29, 0.717) is 36.6 Å². The molecule has 0 spiro atoms. The number of hydrogen-bond donors (Lipinski definition) is 1. The predicted molar refractivity (Wildman–Crippen MR) is 90.8 cm³/mol. The van der Waals surface area contributed by atoms with Crippen molar-refractivity contribution in [2.45, 2.75) is 25.3 Å². The standard InChI is InChI=1S/C16H24N2O4.ClH/c1-20-13-8-11(9-14(21-2)16(13)22-3)4-5-15(19)18-7-6-12(17)10-18;/h8-9,12H,4-7,10,17H2,1-3H3;1H/t12-;/m1./s1. The zero-order valence-electron chi connectivity index (χ0n) is 13.8.